The van der Waals surface area contributed by atoms with Gasteiger partial charge in [0.15, 0.2) is 0 Å². The van der Waals surface area contributed by atoms with Crippen molar-refractivity contribution in [2.45, 2.75) is 71.2 Å². The minimum atomic E-state index is -0.174. The summed E-state index contributed by atoms with van der Waals surface area (Å²) in [6.07, 6.45) is 7.13. The van der Waals surface area contributed by atoms with E-state index in [1.165, 1.54) is 22.2 Å². The Morgan fingerprint density at radius 1 is 1.28 bits per heavy atom. The molecule has 1 fully saturated rings. The van der Waals surface area contributed by atoms with E-state index < -0.39 is 0 Å². The summed E-state index contributed by atoms with van der Waals surface area (Å²) in [5.74, 6) is 0.894. The van der Waals surface area contributed by atoms with E-state index in [4.69, 9.17) is 14.5 Å². The van der Waals surface area contributed by atoms with Crippen molar-refractivity contribution in [1.82, 2.24) is 15.0 Å². The van der Waals surface area contributed by atoms with Gasteiger partial charge in [-0.15, -0.1) is 11.3 Å². The van der Waals surface area contributed by atoms with Gasteiger partial charge in [0.1, 0.15) is 17.0 Å². The van der Waals surface area contributed by atoms with E-state index in [9.17, 15) is 0 Å². The van der Waals surface area contributed by atoms with Crippen LogP contribution in [-0.2, 0) is 28.9 Å². The van der Waals surface area contributed by atoms with Gasteiger partial charge in [-0.1, -0.05) is 13.3 Å². The molecule has 154 valence electrons. The minimum absolute atomic E-state index is 0.174. The molecule has 5 heterocycles. The highest BCUT2D eigenvalue weighted by Gasteiger charge is 2.31. The highest BCUT2D eigenvalue weighted by atomic mass is 32.1. The number of pyridine rings is 1. The predicted octanol–water partition coefficient (Wildman–Crippen LogP) is 4.63. The smallest absolute Gasteiger partial charge is 0.147 e. The molecule has 1 N–H and O–H groups in total. The van der Waals surface area contributed by atoms with Crippen LogP contribution in [0.2, 0.25) is 0 Å². The van der Waals surface area contributed by atoms with E-state index in [2.05, 4.69) is 36.1 Å². The van der Waals surface area contributed by atoms with Crippen LogP contribution in [0.1, 0.15) is 56.9 Å². The summed E-state index contributed by atoms with van der Waals surface area (Å²) < 4.78 is 13.0. The van der Waals surface area contributed by atoms with Gasteiger partial charge in [0, 0.05) is 36.2 Å². The van der Waals surface area contributed by atoms with E-state index in [1.807, 2.05) is 0 Å². The van der Waals surface area contributed by atoms with Crippen LogP contribution in [0.25, 0.3) is 20.4 Å². The Bertz CT molecular complexity index is 1060. The van der Waals surface area contributed by atoms with Crippen LogP contribution in [0.5, 0.6) is 0 Å². The first kappa shape index (κ1) is 19.2. The lowest BCUT2D eigenvalue weighted by atomic mass is 9.88. The molecule has 2 aliphatic rings. The lowest BCUT2D eigenvalue weighted by Gasteiger charge is -2.33. The Labute approximate surface area is 175 Å². The van der Waals surface area contributed by atoms with E-state index >= 15 is 0 Å². The third-order valence-electron chi connectivity index (χ3n) is 5.92. The van der Waals surface area contributed by atoms with Crippen LogP contribution in [-0.4, -0.2) is 39.8 Å². The molecule has 1 saturated heterocycles. The van der Waals surface area contributed by atoms with Gasteiger partial charge in [0.05, 0.1) is 28.5 Å². The summed E-state index contributed by atoms with van der Waals surface area (Å²) in [5, 5.41) is 4.70. The number of ether oxygens (including phenoxy) is 2. The molecule has 6 nitrogen and oxygen atoms in total. The van der Waals surface area contributed by atoms with E-state index in [1.54, 1.807) is 17.7 Å². The SMILES string of the molecule is CCCc1nc2sc3c(NC[C@H]4CCCO4)ncnc3c2c2c1COC(C)(C)C2. The van der Waals surface area contributed by atoms with Gasteiger partial charge in [0.25, 0.3) is 0 Å². The van der Waals surface area contributed by atoms with Crippen LogP contribution >= 0.6 is 11.3 Å². The summed E-state index contributed by atoms with van der Waals surface area (Å²) in [5.41, 5.74) is 4.65. The van der Waals surface area contributed by atoms with Crippen molar-refractivity contribution < 1.29 is 9.47 Å². The Morgan fingerprint density at radius 2 is 2.17 bits per heavy atom. The second kappa shape index (κ2) is 7.45. The molecular weight excluding hydrogens is 384 g/mol. The average Bonchev–Trinajstić information content (AvgIpc) is 3.33. The number of anilines is 1. The summed E-state index contributed by atoms with van der Waals surface area (Å²) in [4.78, 5) is 15.4. The number of thiophene rings is 1. The summed E-state index contributed by atoms with van der Waals surface area (Å²) in [6.45, 7) is 8.82. The lowest BCUT2D eigenvalue weighted by molar-refractivity contribution is -0.0401. The Balaban J connectivity index is 1.64. The van der Waals surface area contributed by atoms with Crippen molar-refractivity contribution in [3.8, 4) is 0 Å². The number of hydrogen-bond donors (Lipinski definition) is 1. The van der Waals surface area contributed by atoms with Crippen molar-refractivity contribution in [2.75, 3.05) is 18.5 Å². The maximum atomic E-state index is 6.14. The molecule has 0 aliphatic carbocycles. The second-order valence-corrected chi connectivity index (χ2v) is 9.69. The van der Waals surface area contributed by atoms with E-state index in [0.717, 1.165) is 66.1 Å². The molecule has 1 atom stereocenters. The minimum Gasteiger partial charge on any atom is -0.376 e. The molecule has 5 rings (SSSR count). The Morgan fingerprint density at radius 3 is 2.97 bits per heavy atom. The maximum Gasteiger partial charge on any atom is 0.147 e. The van der Waals surface area contributed by atoms with E-state index in [0.29, 0.717) is 6.61 Å². The normalized spacial score (nSPS) is 21.0. The summed E-state index contributed by atoms with van der Waals surface area (Å²) in [6, 6.07) is 0. The maximum absolute atomic E-state index is 6.14. The highest BCUT2D eigenvalue weighted by molar-refractivity contribution is 7.26. The van der Waals surface area contributed by atoms with Crippen molar-refractivity contribution in [2.24, 2.45) is 0 Å². The topological polar surface area (TPSA) is 69.2 Å². The van der Waals surface area contributed by atoms with Crippen molar-refractivity contribution in [3.05, 3.63) is 23.1 Å². The van der Waals surface area contributed by atoms with Crippen LogP contribution in [0.3, 0.4) is 0 Å². The zero-order valence-corrected chi connectivity index (χ0v) is 18.2. The first-order valence-corrected chi connectivity index (χ1v) is 11.4. The zero-order valence-electron chi connectivity index (χ0n) is 17.4. The van der Waals surface area contributed by atoms with Crippen molar-refractivity contribution in [1.29, 1.82) is 0 Å². The standard InChI is InChI=1S/C22H28N4O2S/c1-4-6-16-15-11-28-22(2,3)9-14(15)17-18-19(29-21(17)26-16)20(25-12-24-18)23-10-13-7-5-8-27-13/h12-13H,4-11H2,1-3H3,(H,23,24,25)/t13-/m1/s1. The van der Waals surface area contributed by atoms with Crippen LogP contribution in [0.4, 0.5) is 5.82 Å². The largest absolute Gasteiger partial charge is 0.376 e. The fourth-order valence-electron chi connectivity index (χ4n) is 4.46. The molecule has 0 unspecified atom stereocenters. The van der Waals surface area contributed by atoms with Gasteiger partial charge in [-0.05, 0) is 38.7 Å². The summed E-state index contributed by atoms with van der Waals surface area (Å²) >= 11 is 1.70. The number of fused-ring (bicyclic) bond motifs is 5. The van der Waals surface area contributed by atoms with Gasteiger partial charge in [-0.3, -0.25) is 0 Å². The quantitative estimate of drug-likeness (QED) is 0.659. The number of aryl methyl sites for hydroxylation is 1. The van der Waals surface area contributed by atoms with Gasteiger partial charge >= 0.3 is 0 Å². The highest BCUT2D eigenvalue weighted by Crippen LogP contribution is 2.42. The number of hydrogen-bond acceptors (Lipinski definition) is 7. The first-order valence-electron chi connectivity index (χ1n) is 10.6. The van der Waals surface area contributed by atoms with Crippen LogP contribution in [0, 0.1) is 0 Å². The number of nitrogens with one attached hydrogen (secondary N) is 1. The first-order chi connectivity index (χ1) is 14.1. The molecule has 2 aliphatic heterocycles. The molecule has 0 bridgehead atoms. The lowest BCUT2D eigenvalue weighted by Crippen LogP contribution is -2.32. The van der Waals surface area contributed by atoms with Gasteiger partial charge in [-0.25, -0.2) is 15.0 Å². The molecule has 0 spiro atoms. The molecule has 3 aromatic heterocycles. The monoisotopic (exact) mass is 412 g/mol. The fraction of sp³-hybridized carbons (Fsp3) is 0.591. The van der Waals surface area contributed by atoms with Crippen LogP contribution < -0.4 is 5.32 Å². The molecule has 3 aromatic rings. The van der Waals surface area contributed by atoms with Crippen LogP contribution in [0.15, 0.2) is 6.33 Å². The van der Waals surface area contributed by atoms with Crippen molar-refractivity contribution >= 4 is 37.6 Å². The molecule has 29 heavy (non-hydrogen) atoms. The zero-order chi connectivity index (χ0) is 20.0. The number of aromatic nitrogens is 3. The third-order valence-corrected chi connectivity index (χ3v) is 7.00. The Kier molecular flexibility index (Phi) is 4.92. The number of rotatable bonds is 5. The average molecular weight is 413 g/mol. The Hall–Kier alpha value is -1.83. The molecule has 0 saturated carbocycles. The third kappa shape index (κ3) is 3.49. The molecule has 0 radical (unpaired) electrons. The molecular formula is C22H28N4O2S. The fourth-order valence-corrected chi connectivity index (χ4v) is 5.60. The molecule has 0 amide bonds. The molecule has 0 aromatic carbocycles. The van der Waals surface area contributed by atoms with E-state index in [-0.39, 0.29) is 11.7 Å². The van der Waals surface area contributed by atoms with Gasteiger partial charge < -0.3 is 14.8 Å². The van der Waals surface area contributed by atoms with Gasteiger partial charge in [0.2, 0.25) is 0 Å². The van der Waals surface area contributed by atoms with Gasteiger partial charge in [-0.2, -0.15) is 0 Å². The summed E-state index contributed by atoms with van der Waals surface area (Å²) in [7, 11) is 0. The molecule has 7 heteroatoms. The van der Waals surface area contributed by atoms with Crippen molar-refractivity contribution in [3.63, 3.8) is 0 Å². The number of nitrogens with zero attached hydrogens (tertiary/aromatic N) is 3. The second-order valence-electron chi connectivity index (χ2n) is 8.69. The predicted molar refractivity (Wildman–Crippen MR) is 117 cm³/mol.